The molecule has 2 unspecified atom stereocenters. The van der Waals surface area contributed by atoms with E-state index in [2.05, 4.69) is 171 Å². The topological polar surface area (TPSA) is 0 Å². The van der Waals surface area contributed by atoms with E-state index in [1.54, 1.807) is 22.3 Å². The molecule has 4 aliphatic rings. The molecule has 1 saturated heterocycles. The average molecular weight is 865 g/mol. The summed E-state index contributed by atoms with van der Waals surface area (Å²) in [6.07, 6.45) is 10.7. The Kier molecular flexibility index (Phi) is 7.98. The van der Waals surface area contributed by atoms with E-state index in [4.69, 9.17) is 0 Å². The Morgan fingerprint density at radius 2 is 0.778 bits per heavy atom. The molecule has 1 saturated carbocycles. The number of fused-ring (bicyclic) bond motifs is 8. The van der Waals surface area contributed by atoms with Crippen molar-refractivity contribution >= 4 is 12.2 Å². The summed E-state index contributed by atoms with van der Waals surface area (Å²) in [5.41, 5.74) is 26.4. The zero-order valence-electron chi connectivity index (χ0n) is 32.7. The van der Waals surface area contributed by atoms with Crippen LogP contribution >= 0.6 is 0 Å². The minimum atomic E-state index is -3.23. The third-order valence-electron chi connectivity index (χ3n) is 14.1. The first-order valence-electron chi connectivity index (χ1n) is 20.2. The van der Waals surface area contributed by atoms with Gasteiger partial charge in [0.1, 0.15) is 0 Å². The Morgan fingerprint density at radius 3 is 1.19 bits per heavy atom. The second-order valence-electron chi connectivity index (χ2n) is 17.4. The molecule has 0 bridgehead atoms. The Balaban J connectivity index is 1.17. The first-order valence-corrected chi connectivity index (χ1v) is 31.6. The summed E-state index contributed by atoms with van der Waals surface area (Å²) in [6, 6.07) is 46.5. The number of hydrogen-bond donors (Lipinski definition) is 0. The van der Waals surface area contributed by atoms with E-state index >= 15 is 0 Å². The molecule has 54 heavy (non-hydrogen) atoms. The molecule has 0 nitrogen and oxygen atoms in total. The van der Waals surface area contributed by atoms with Crippen molar-refractivity contribution < 1.29 is 20.0 Å². The molecule has 6 aromatic carbocycles. The fourth-order valence-corrected chi connectivity index (χ4v) is 29.1. The van der Waals surface area contributed by atoms with Crippen molar-refractivity contribution in [2.75, 3.05) is 0 Å². The molecule has 0 N–H and O–H groups in total. The van der Waals surface area contributed by atoms with Crippen LogP contribution in [0.4, 0.5) is 0 Å². The summed E-state index contributed by atoms with van der Waals surface area (Å²) in [5.74, 6) is 0. The molecule has 1 heteroatoms. The molecule has 0 aromatic heterocycles. The summed E-state index contributed by atoms with van der Waals surface area (Å²) >= 11 is -3.23. The van der Waals surface area contributed by atoms with Crippen molar-refractivity contribution in [3.05, 3.63) is 177 Å². The van der Waals surface area contributed by atoms with E-state index < -0.39 is 20.0 Å². The second-order valence-corrected chi connectivity index (χ2v) is 34.7. The number of hydrogen-bond acceptors (Lipinski definition) is 0. The maximum atomic E-state index is 2.81. The van der Waals surface area contributed by atoms with E-state index in [0.717, 1.165) is 0 Å². The summed E-state index contributed by atoms with van der Waals surface area (Å²) < 4.78 is 6.81. The van der Waals surface area contributed by atoms with Crippen LogP contribution in [0.1, 0.15) is 77.5 Å². The van der Waals surface area contributed by atoms with E-state index in [9.17, 15) is 0 Å². The number of aryl methyl sites for hydroxylation is 4. The number of allylic oxidation sites excluding steroid dienone is 2. The van der Waals surface area contributed by atoms with Gasteiger partial charge in [-0.1, -0.05) is 0 Å². The van der Waals surface area contributed by atoms with E-state index in [0.29, 0.717) is 7.35 Å². The van der Waals surface area contributed by atoms with Gasteiger partial charge in [-0.3, -0.25) is 0 Å². The second kappa shape index (κ2) is 12.6. The molecule has 1 spiro atoms. The molecule has 0 amide bonds. The standard InChI is InChI=1S/C51H44.2CH3.Hf/c1-33-15-11-16-34(2)49(33)45-23-7-5-21-41(45)43-25-13-19-37-29-39(31-47(37)43)51(27-9-10-28-51)40-30-38-20-14-26-44(48(38)32-40)42-22-6-8-24-46(42)50-35(3)17-12-18-36(50)4;;;/h5-8,11-26,29-32H,9-10,27-28H2,1-4H3;2*1H3;. The van der Waals surface area contributed by atoms with Gasteiger partial charge in [-0.05, 0) is 0 Å². The first kappa shape index (κ1) is 34.2. The molecule has 2 atom stereocenters. The van der Waals surface area contributed by atoms with Crippen molar-refractivity contribution in [2.24, 2.45) is 5.41 Å². The fourth-order valence-electron chi connectivity index (χ4n) is 11.9. The SMILES string of the molecule is Cc1cccc(C)c1-c1ccccc1-c1cccc2c1C=C1[CH]2[Hf]([CH3])([CH3])[CH]2C(=Cc3c(-c4ccccc4-c4c(C)cccc4C)cccc32)C12CCCC2. The van der Waals surface area contributed by atoms with Crippen molar-refractivity contribution in [3.63, 3.8) is 0 Å². The summed E-state index contributed by atoms with van der Waals surface area (Å²) in [6.45, 7) is 9.07. The van der Waals surface area contributed by atoms with E-state index in [1.807, 2.05) is 0 Å². The molecule has 6 aromatic rings. The van der Waals surface area contributed by atoms with Crippen LogP contribution in [-0.4, -0.2) is 0 Å². The van der Waals surface area contributed by atoms with Gasteiger partial charge in [0.2, 0.25) is 0 Å². The van der Waals surface area contributed by atoms with Crippen LogP contribution in [0.2, 0.25) is 9.36 Å². The predicted molar refractivity (Wildman–Crippen MR) is 228 cm³/mol. The van der Waals surface area contributed by atoms with Crippen molar-refractivity contribution in [2.45, 2.75) is 70.1 Å². The molecule has 266 valence electrons. The zero-order valence-corrected chi connectivity index (χ0v) is 36.3. The van der Waals surface area contributed by atoms with Gasteiger partial charge in [0, 0.05) is 0 Å². The van der Waals surface area contributed by atoms with Crippen molar-refractivity contribution in [3.8, 4) is 44.5 Å². The van der Waals surface area contributed by atoms with Crippen LogP contribution < -0.4 is 0 Å². The first-order chi connectivity index (χ1) is 26.2. The van der Waals surface area contributed by atoms with Gasteiger partial charge < -0.3 is 0 Å². The van der Waals surface area contributed by atoms with Crippen molar-refractivity contribution in [1.82, 2.24) is 0 Å². The Hall–Kier alpha value is -4.33. The van der Waals surface area contributed by atoms with Gasteiger partial charge in [0.05, 0.1) is 0 Å². The van der Waals surface area contributed by atoms with Crippen LogP contribution in [0.25, 0.3) is 56.7 Å². The molecule has 2 fully saturated rings. The summed E-state index contributed by atoms with van der Waals surface area (Å²) in [5, 5.41) is 0. The number of rotatable bonds is 4. The van der Waals surface area contributed by atoms with Gasteiger partial charge in [0.25, 0.3) is 0 Å². The van der Waals surface area contributed by atoms with E-state index in [-0.39, 0.29) is 5.41 Å². The van der Waals surface area contributed by atoms with Gasteiger partial charge >= 0.3 is 329 Å². The molecule has 1 aliphatic heterocycles. The van der Waals surface area contributed by atoms with Crippen LogP contribution in [-0.2, 0) is 20.0 Å². The van der Waals surface area contributed by atoms with Gasteiger partial charge in [-0.15, -0.1) is 0 Å². The summed E-state index contributed by atoms with van der Waals surface area (Å²) in [7, 11) is 0. The Morgan fingerprint density at radius 1 is 0.426 bits per heavy atom. The average Bonchev–Trinajstić information content (AvgIpc) is 3.92. The number of benzene rings is 6. The summed E-state index contributed by atoms with van der Waals surface area (Å²) in [4.78, 5) is 0. The Labute approximate surface area is 327 Å². The molecule has 10 rings (SSSR count). The quantitative estimate of drug-likeness (QED) is 0.155. The predicted octanol–water partition coefficient (Wildman–Crippen LogP) is 15.0. The van der Waals surface area contributed by atoms with E-state index in [1.165, 1.54) is 104 Å². The molecular formula is C53H50Hf. The van der Waals surface area contributed by atoms with Gasteiger partial charge in [-0.2, -0.15) is 0 Å². The van der Waals surface area contributed by atoms with Crippen LogP contribution in [0.3, 0.4) is 0 Å². The minimum absolute atomic E-state index is 0.148. The zero-order chi connectivity index (χ0) is 36.9. The molecule has 3 aliphatic carbocycles. The third kappa shape index (κ3) is 4.83. The maximum absolute atomic E-state index is 3.23. The monoisotopic (exact) mass is 866 g/mol. The van der Waals surface area contributed by atoms with Gasteiger partial charge in [-0.25, -0.2) is 0 Å². The van der Waals surface area contributed by atoms with Crippen LogP contribution in [0, 0.1) is 33.1 Å². The Bertz CT molecular complexity index is 2370. The molecular weight excluding hydrogens is 815 g/mol. The fraction of sp³-hybridized carbons (Fsp3) is 0.245. The molecule has 0 radical (unpaired) electrons. The van der Waals surface area contributed by atoms with Crippen LogP contribution in [0.15, 0.2) is 132 Å². The van der Waals surface area contributed by atoms with Gasteiger partial charge in [0.15, 0.2) is 0 Å². The third-order valence-corrected chi connectivity index (χ3v) is 29.3. The van der Waals surface area contributed by atoms with Crippen LogP contribution in [0.5, 0.6) is 0 Å². The van der Waals surface area contributed by atoms with Crippen molar-refractivity contribution in [1.29, 1.82) is 0 Å². The normalized spacial score (nSPS) is 19.9. The molecule has 1 heterocycles.